The van der Waals surface area contributed by atoms with E-state index in [0.717, 1.165) is 32.8 Å². The van der Waals surface area contributed by atoms with Gasteiger partial charge in [-0.25, -0.2) is 4.98 Å². The molecule has 0 amide bonds. The van der Waals surface area contributed by atoms with Gasteiger partial charge in [0.1, 0.15) is 5.01 Å². The van der Waals surface area contributed by atoms with Gasteiger partial charge in [-0.1, -0.05) is 42.1 Å². The van der Waals surface area contributed by atoms with Crippen LogP contribution in [0.25, 0.3) is 22.0 Å². The number of benzene rings is 2. The lowest BCUT2D eigenvalue weighted by atomic mass is 10.1. The summed E-state index contributed by atoms with van der Waals surface area (Å²) in [6, 6.07) is 14.0. The maximum atomic E-state index is 5.55. The summed E-state index contributed by atoms with van der Waals surface area (Å²) in [4.78, 5) is 4.79. The number of aryl methyl sites for hydroxylation is 1. The molecule has 30 heavy (non-hydrogen) atoms. The molecule has 0 bridgehead atoms. The Balaban J connectivity index is 1.52. The minimum absolute atomic E-state index is 0.698. The van der Waals surface area contributed by atoms with Crippen molar-refractivity contribution in [2.75, 3.05) is 14.2 Å². The van der Waals surface area contributed by atoms with Crippen LogP contribution in [-0.2, 0) is 12.8 Å². The van der Waals surface area contributed by atoms with Gasteiger partial charge in [0.25, 0.3) is 0 Å². The predicted octanol–water partition coefficient (Wildman–Crippen LogP) is 5.22. The van der Waals surface area contributed by atoms with E-state index in [-0.39, 0.29) is 0 Å². The van der Waals surface area contributed by atoms with Crippen LogP contribution in [0, 0.1) is 6.92 Å². The molecule has 2 aromatic carbocycles. The molecule has 4 aromatic rings. The first kappa shape index (κ1) is 20.4. The molecule has 4 rings (SSSR count). The number of hydrogen-bond acceptors (Lipinski definition) is 7. The summed E-state index contributed by atoms with van der Waals surface area (Å²) in [6.45, 7) is 2.08. The topological polar surface area (TPSA) is 62.1 Å². The van der Waals surface area contributed by atoms with Crippen molar-refractivity contribution in [3.05, 3.63) is 59.1 Å². The van der Waals surface area contributed by atoms with Crippen molar-refractivity contribution in [1.82, 2.24) is 19.7 Å². The van der Waals surface area contributed by atoms with Gasteiger partial charge < -0.3 is 14.0 Å². The molecule has 0 spiro atoms. The van der Waals surface area contributed by atoms with E-state index >= 15 is 0 Å². The van der Waals surface area contributed by atoms with E-state index in [4.69, 9.17) is 14.5 Å². The lowest BCUT2D eigenvalue weighted by Crippen LogP contribution is -1.96. The molecule has 154 valence electrons. The van der Waals surface area contributed by atoms with Gasteiger partial charge in [-0.2, -0.15) is 0 Å². The standard InChI is InChI=1S/C22H22N4O2S2/c1-14-8-5-6-9-16(14)20-24-25-22(26(20)2)30-13-15-12-29-21(23-15)17-10-7-11-18(27-3)19(17)28-4/h5-12H,13H2,1-4H3. The summed E-state index contributed by atoms with van der Waals surface area (Å²) in [7, 11) is 5.28. The lowest BCUT2D eigenvalue weighted by Gasteiger charge is -2.10. The third-order valence-corrected chi connectivity index (χ3v) is 6.73. The van der Waals surface area contributed by atoms with E-state index in [1.54, 1.807) is 37.3 Å². The Morgan fingerprint density at radius 2 is 1.80 bits per heavy atom. The van der Waals surface area contributed by atoms with Gasteiger partial charge in [0.2, 0.25) is 0 Å². The molecule has 0 saturated carbocycles. The van der Waals surface area contributed by atoms with Gasteiger partial charge in [0.15, 0.2) is 22.5 Å². The number of para-hydroxylation sites is 1. The molecule has 0 N–H and O–H groups in total. The van der Waals surface area contributed by atoms with Crippen molar-refractivity contribution < 1.29 is 9.47 Å². The second kappa shape index (κ2) is 8.89. The number of hydrogen-bond donors (Lipinski definition) is 0. The van der Waals surface area contributed by atoms with Crippen LogP contribution in [0.2, 0.25) is 0 Å². The van der Waals surface area contributed by atoms with Gasteiger partial charge in [-0.15, -0.1) is 21.5 Å². The first-order valence-electron chi connectivity index (χ1n) is 9.36. The van der Waals surface area contributed by atoms with E-state index in [0.29, 0.717) is 17.3 Å². The van der Waals surface area contributed by atoms with E-state index in [1.807, 2.05) is 41.9 Å². The van der Waals surface area contributed by atoms with Crippen LogP contribution in [0.1, 0.15) is 11.3 Å². The van der Waals surface area contributed by atoms with Gasteiger partial charge in [-0.05, 0) is 24.6 Å². The fourth-order valence-electron chi connectivity index (χ4n) is 3.19. The lowest BCUT2D eigenvalue weighted by molar-refractivity contribution is 0.356. The maximum Gasteiger partial charge on any atom is 0.191 e. The number of aromatic nitrogens is 4. The quantitative estimate of drug-likeness (QED) is 0.369. The van der Waals surface area contributed by atoms with Crippen molar-refractivity contribution in [2.24, 2.45) is 7.05 Å². The third-order valence-electron chi connectivity index (χ3n) is 4.76. The minimum atomic E-state index is 0.698. The molecule has 6 nitrogen and oxygen atoms in total. The molecule has 0 fully saturated rings. The molecule has 0 unspecified atom stereocenters. The van der Waals surface area contributed by atoms with Crippen LogP contribution in [0.4, 0.5) is 0 Å². The van der Waals surface area contributed by atoms with Crippen molar-refractivity contribution >= 4 is 23.1 Å². The van der Waals surface area contributed by atoms with Gasteiger partial charge in [0, 0.05) is 23.7 Å². The smallest absolute Gasteiger partial charge is 0.191 e. The molecule has 0 radical (unpaired) electrons. The Morgan fingerprint density at radius 1 is 1.00 bits per heavy atom. The summed E-state index contributed by atoms with van der Waals surface area (Å²) in [5, 5.41) is 12.6. The molecule has 0 saturated heterocycles. The fourth-order valence-corrected chi connectivity index (χ4v) is 4.94. The Kier molecular flexibility index (Phi) is 6.06. The van der Waals surface area contributed by atoms with Crippen molar-refractivity contribution in [3.63, 3.8) is 0 Å². The van der Waals surface area contributed by atoms with Crippen molar-refractivity contribution in [2.45, 2.75) is 17.8 Å². The summed E-state index contributed by atoms with van der Waals surface area (Å²) >= 11 is 3.22. The number of rotatable bonds is 7. The van der Waals surface area contributed by atoms with Gasteiger partial charge >= 0.3 is 0 Å². The summed E-state index contributed by atoms with van der Waals surface area (Å²) in [5.41, 5.74) is 4.20. The molecular formula is C22H22N4O2S2. The molecule has 2 heterocycles. The van der Waals surface area contributed by atoms with Crippen LogP contribution in [0.5, 0.6) is 11.5 Å². The number of methoxy groups -OCH3 is 2. The highest BCUT2D eigenvalue weighted by molar-refractivity contribution is 7.98. The molecule has 2 aromatic heterocycles. The van der Waals surface area contributed by atoms with Gasteiger partial charge in [0.05, 0.1) is 25.5 Å². The van der Waals surface area contributed by atoms with E-state index in [2.05, 4.69) is 34.6 Å². The zero-order valence-electron chi connectivity index (χ0n) is 17.2. The second-order valence-corrected chi connectivity index (χ2v) is 8.45. The summed E-state index contributed by atoms with van der Waals surface area (Å²) in [6.07, 6.45) is 0. The largest absolute Gasteiger partial charge is 0.493 e. The summed E-state index contributed by atoms with van der Waals surface area (Å²) in [5.74, 6) is 2.98. The average Bonchev–Trinajstić information content (AvgIpc) is 3.38. The van der Waals surface area contributed by atoms with Crippen LogP contribution >= 0.6 is 23.1 Å². The molecule has 0 aliphatic heterocycles. The first-order valence-corrected chi connectivity index (χ1v) is 11.2. The molecule has 0 aliphatic carbocycles. The number of nitrogens with zero attached hydrogens (tertiary/aromatic N) is 4. The van der Waals surface area contributed by atoms with Crippen LogP contribution < -0.4 is 9.47 Å². The molecular weight excluding hydrogens is 416 g/mol. The molecule has 0 atom stereocenters. The Hall–Kier alpha value is -2.84. The zero-order chi connectivity index (χ0) is 21.1. The highest BCUT2D eigenvalue weighted by Crippen LogP contribution is 2.39. The first-order chi connectivity index (χ1) is 14.6. The number of ether oxygens (including phenoxy) is 2. The van der Waals surface area contributed by atoms with E-state index in [1.165, 1.54) is 5.56 Å². The van der Waals surface area contributed by atoms with Crippen LogP contribution in [-0.4, -0.2) is 34.0 Å². The van der Waals surface area contributed by atoms with Crippen molar-refractivity contribution in [1.29, 1.82) is 0 Å². The summed E-state index contributed by atoms with van der Waals surface area (Å²) < 4.78 is 13.0. The van der Waals surface area contributed by atoms with E-state index < -0.39 is 0 Å². The molecule has 0 aliphatic rings. The van der Waals surface area contributed by atoms with Crippen LogP contribution in [0.15, 0.2) is 53.0 Å². The third kappa shape index (κ3) is 3.93. The fraction of sp³-hybridized carbons (Fsp3) is 0.227. The van der Waals surface area contributed by atoms with Crippen molar-refractivity contribution in [3.8, 4) is 33.5 Å². The Labute approximate surface area is 183 Å². The SMILES string of the molecule is COc1cccc(-c2nc(CSc3nnc(-c4ccccc4C)n3C)cs2)c1OC. The monoisotopic (exact) mass is 438 g/mol. The molecule has 8 heteroatoms. The number of thioether (sulfide) groups is 1. The maximum absolute atomic E-state index is 5.55. The highest BCUT2D eigenvalue weighted by atomic mass is 32.2. The Morgan fingerprint density at radius 3 is 2.57 bits per heavy atom. The number of thiazole rings is 1. The van der Waals surface area contributed by atoms with E-state index in [9.17, 15) is 0 Å². The highest BCUT2D eigenvalue weighted by Gasteiger charge is 2.16. The van der Waals surface area contributed by atoms with Gasteiger partial charge in [-0.3, -0.25) is 0 Å². The Bertz CT molecular complexity index is 1170. The van der Waals surface area contributed by atoms with Crippen LogP contribution in [0.3, 0.4) is 0 Å². The predicted molar refractivity (Wildman–Crippen MR) is 121 cm³/mol. The average molecular weight is 439 g/mol. The normalized spacial score (nSPS) is 10.9. The second-order valence-electron chi connectivity index (χ2n) is 6.65. The zero-order valence-corrected chi connectivity index (χ0v) is 18.9. The minimum Gasteiger partial charge on any atom is -0.493 e.